The lowest BCUT2D eigenvalue weighted by Gasteiger charge is -1.89. The van der Waals surface area contributed by atoms with E-state index in [0.717, 1.165) is 16.5 Å². The van der Waals surface area contributed by atoms with E-state index >= 15 is 0 Å². The van der Waals surface area contributed by atoms with Crippen molar-refractivity contribution in [2.24, 2.45) is 0 Å². The molecule has 0 fully saturated rings. The molecule has 0 radical (unpaired) electrons. The van der Waals surface area contributed by atoms with E-state index in [1.165, 1.54) is 0 Å². The van der Waals surface area contributed by atoms with Gasteiger partial charge in [-0.3, -0.25) is 0 Å². The lowest BCUT2D eigenvalue weighted by Crippen LogP contribution is -1.71. The van der Waals surface area contributed by atoms with E-state index in [0.29, 0.717) is 0 Å². The lowest BCUT2D eigenvalue weighted by molar-refractivity contribution is 1.28. The average Bonchev–Trinajstić information content (AvgIpc) is 2.04. The highest BCUT2D eigenvalue weighted by molar-refractivity contribution is 9.10. The van der Waals surface area contributed by atoms with Gasteiger partial charge in [0, 0.05) is 16.5 Å². The zero-order chi connectivity index (χ0) is 8.10. The topological polar surface area (TPSA) is 0 Å². The second kappa shape index (κ2) is 4.20. The Balaban J connectivity index is 2.82. The molecule has 0 unspecified atom stereocenters. The predicted molar refractivity (Wildman–Crippen MR) is 51.3 cm³/mol. The molecule has 1 rings (SSSR count). The minimum absolute atomic E-state index is 0.913. The summed E-state index contributed by atoms with van der Waals surface area (Å²) in [6.45, 7) is 2.05. The first-order valence-corrected chi connectivity index (χ1v) is 4.36. The summed E-state index contributed by atoms with van der Waals surface area (Å²) < 4.78 is 1.10. The zero-order valence-electron chi connectivity index (χ0n) is 6.39. The van der Waals surface area contributed by atoms with Crippen molar-refractivity contribution in [2.75, 3.05) is 0 Å². The molecule has 0 saturated carbocycles. The zero-order valence-corrected chi connectivity index (χ0v) is 7.98. The Bertz CT molecular complexity index is 274. The highest BCUT2D eigenvalue weighted by Crippen LogP contribution is 2.09. The van der Waals surface area contributed by atoms with Crippen LogP contribution in [0.1, 0.15) is 18.9 Å². The van der Waals surface area contributed by atoms with Crippen molar-refractivity contribution in [2.45, 2.75) is 13.3 Å². The highest BCUT2D eigenvalue weighted by atomic mass is 79.9. The average molecular weight is 209 g/mol. The first-order chi connectivity index (χ1) is 5.33. The van der Waals surface area contributed by atoms with Gasteiger partial charge < -0.3 is 0 Å². The predicted octanol–water partition coefficient (Wildman–Crippen LogP) is 3.21. The first-order valence-electron chi connectivity index (χ1n) is 3.57. The molecule has 0 bridgehead atoms. The second-order valence-corrected chi connectivity index (χ2v) is 3.08. The fraction of sp³-hybridized carbons (Fsp3) is 0.200. The summed E-state index contributed by atoms with van der Waals surface area (Å²) in [5.41, 5.74) is 1.08. The minimum atomic E-state index is 0.913. The van der Waals surface area contributed by atoms with Gasteiger partial charge in [0.2, 0.25) is 0 Å². The summed E-state index contributed by atoms with van der Waals surface area (Å²) in [5, 5.41) is 0. The SMILES string of the molecule is CCC#Cc1ccc(Br)cc1. The van der Waals surface area contributed by atoms with Crippen molar-refractivity contribution in [1.82, 2.24) is 0 Å². The monoisotopic (exact) mass is 208 g/mol. The van der Waals surface area contributed by atoms with Crippen molar-refractivity contribution in [3.8, 4) is 11.8 Å². The molecule has 0 spiro atoms. The normalized spacial score (nSPS) is 8.55. The van der Waals surface area contributed by atoms with E-state index in [-0.39, 0.29) is 0 Å². The summed E-state index contributed by atoms with van der Waals surface area (Å²) in [6, 6.07) is 8.01. The molecule has 1 aromatic rings. The van der Waals surface area contributed by atoms with Crippen LogP contribution in [-0.4, -0.2) is 0 Å². The molecule has 0 N–H and O–H groups in total. The third-order valence-electron chi connectivity index (χ3n) is 1.25. The summed E-state index contributed by atoms with van der Waals surface area (Å²) in [5.74, 6) is 6.07. The van der Waals surface area contributed by atoms with Crippen molar-refractivity contribution in [3.63, 3.8) is 0 Å². The van der Waals surface area contributed by atoms with E-state index in [1.807, 2.05) is 31.2 Å². The van der Waals surface area contributed by atoms with Crippen LogP contribution in [0, 0.1) is 11.8 Å². The molecular weight excluding hydrogens is 200 g/mol. The van der Waals surface area contributed by atoms with Gasteiger partial charge in [-0.05, 0) is 24.3 Å². The van der Waals surface area contributed by atoms with E-state index in [4.69, 9.17) is 0 Å². The van der Waals surface area contributed by atoms with Crippen molar-refractivity contribution in [3.05, 3.63) is 34.3 Å². The molecular formula is C10H9Br. The van der Waals surface area contributed by atoms with Crippen LogP contribution >= 0.6 is 15.9 Å². The van der Waals surface area contributed by atoms with Crippen LogP contribution < -0.4 is 0 Å². The fourth-order valence-electron chi connectivity index (χ4n) is 0.724. The molecule has 0 aliphatic carbocycles. The van der Waals surface area contributed by atoms with Gasteiger partial charge in [-0.15, -0.1) is 0 Å². The number of hydrogen-bond acceptors (Lipinski definition) is 0. The summed E-state index contributed by atoms with van der Waals surface area (Å²) in [4.78, 5) is 0. The van der Waals surface area contributed by atoms with Gasteiger partial charge in [0.1, 0.15) is 0 Å². The number of benzene rings is 1. The minimum Gasteiger partial charge on any atom is -0.0982 e. The molecule has 11 heavy (non-hydrogen) atoms. The number of hydrogen-bond donors (Lipinski definition) is 0. The molecule has 0 atom stereocenters. The van der Waals surface area contributed by atoms with Crippen molar-refractivity contribution >= 4 is 15.9 Å². The largest absolute Gasteiger partial charge is 0.0982 e. The van der Waals surface area contributed by atoms with Crippen LogP contribution in [0.2, 0.25) is 0 Å². The number of rotatable bonds is 0. The van der Waals surface area contributed by atoms with Crippen LogP contribution in [0.15, 0.2) is 28.7 Å². The molecule has 0 aromatic heterocycles. The maximum absolute atomic E-state index is 3.37. The van der Waals surface area contributed by atoms with Gasteiger partial charge in [-0.25, -0.2) is 0 Å². The molecule has 0 amide bonds. The van der Waals surface area contributed by atoms with Gasteiger partial charge in [-0.2, -0.15) is 0 Å². The van der Waals surface area contributed by atoms with E-state index in [1.54, 1.807) is 0 Å². The maximum Gasteiger partial charge on any atom is 0.0246 e. The van der Waals surface area contributed by atoms with Crippen LogP contribution in [0.3, 0.4) is 0 Å². The van der Waals surface area contributed by atoms with Gasteiger partial charge in [-0.1, -0.05) is 34.7 Å². The Labute approximate surface area is 75.8 Å². The van der Waals surface area contributed by atoms with Gasteiger partial charge >= 0.3 is 0 Å². The third-order valence-corrected chi connectivity index (χ3v) is 1.78. The molecule has 1 heteroatoms. The number of halogens is 1. The van der Waals surface area contributed by atoms with E-state index in [9.17, 15) is 0 Å². The van der Waals surface area contributed by atoms with Gasteiger partial charge in [0.25, 0.3) is 0 Å². The summed E-state index contributed by atoms with van der Waals surface area (Å²) in [7, 11) is 0. The smallest absolute Gasteiger partial charge is 0.0246 e. The Morgan fingerprint density at radius 1 is 1.27 bits per heavy atom. The third kappa shape index (κ3) is 2.78. The van der Waals surface area contributed by atoms with E-state index < -0.39 is 0 Å². The molecule has 0 aliphatic rings. The first kappa shape index (κ1) is 8.36. The summed E-state index contributed by atoms with van der Waals surface area (Å²) >= 11 is 3.37. The van der Waals surface area contributed by atoms with Crippen LogP contribution in [0.4, 0.5) is 0 Å². The van der Waals surface area contributed by atoms with Crippen LogP contribution in [-0.2, 0) is 0 Å². The second-order valence-electron chi connectivity index (χ2n) is 2.16. The highest BCUT2D eigenvalue weighted by Gasteiger charge is 1.85. The molecule has 56 valence electrons. The van der Waals surface area contributed by atoms with Gasteiger partial charge in [0.05, 0.1) is 0 Å². The Morgan fingerprint density at radius 3 is 2.45 bits per heavy atom. The Morgan fingerprint density at radius 2 is 1.91 bits per heavy atom. The quantitative estimate of drug-likeness (QED) is 0.575. The fourth-order valence-corrected chi connectivity index (χ4v) is 0.988. The maximum atomic E-state index is 3.37. The van der Waals surface area contributed by atoms with Crippen LogP contribution in [0.5, 0.6) is 0 Å². The Hall–Kier alpha value is -0.740. The summed E-state index contributed by atoms with van der Waals surface area (Å²) in [6.07, 6.45) is 0.913. The molecule has 0 heterocycles. The van der Waals surface area contributed by atoms with E-state index in [2.05, 4.69) is 27.8 Å². The van der Waals surface area contributed by atoms with Gasteiger partial charge in [0.15, 0.2) is 0 Å². The van der Waals surface area contributed by atoms with Crippen molar-refractivity contribution < 1.29 is 0 Å². The lowest BCUT2D eigenvalue weighted by atomic mass is 10.2. The Kier molecular flexibility index (Phi) is 3.19. The van der Waals surface area contributed by atoms with Crippen molar-refractivity contribution in [1.29, 1.82) is 0 Å². The molecule has 1 aromatic carbocycles. The molecule has 0 aliphatic heterocycles. The molecule has 0 nitrogen and oxygen atoms in total. The standard InChI is InChI=1S/C10H9Br/c1-2-3-4-9-5-7-10(11)8-6-9/h5-8H,2H2,1H3. The molecule has 0 saturated heterocycles. The van der Waals surface area contributed by atoms with Crippen LogP contribution in [0.25, 0.3) is 0 Å².